The van der Waals surface area contributed by atoms with Gasteiger partial charge in [-0.3, -0.25) is 0 Å². The minimum Gasteiger partial charge on any atom is -1.00 e. The van der Waals surface area contributed by atoms with Gasteiger partial charge >= 0.3 is 0 Å². The van der Waals surface area contributed by atoms with E-state index in [1.54, 1.807) is 0 Å². The van der Waals surface area contributed by atoms with Crippen molar-refractivity contribution < 1.29 is 22.8 Å². The highest BCUT2D eigenvalue weighted by Gasteiger charge is 2.08. The predicted molar refractivity (Wildman–Crippen MR) is 58.2 cm³/mol. The summed E-state index contributed by atoms with van der Waals surface area (Å²) < 4.78 is 0. The van der Waals surface area contributed by atoms with Crippen LogP contribution in [0.4, 0.5) is 0 Å². The maximum atomic E-state index is 9.01. The van der Waals surface area contributed by atoms with Gasteiger partial charge in [-0.25, -0.2) is 0 Å². The van der Waals surface area contributed by atoms with Crippen LogP contribution in [0.1, 0.15) is 18.9 Å². The number of aliphatic hydroxyl groups is 1. The summed E-state index contributed by atoms with van der Waals surface area (Å²) in [6, 6.07) is 8.10. The third-order valence-corrected chi connectivity index (χ3v) is 2.76. The molecule has 2 nitrogen and oxygen atoms in total. The molecule has 0 radical (unpaired) electrons. The molecular formula is C11H17Cl2NO. The van der Waals surface area contributed by atoms with E-state index in [2.05, 4.69) is 12.2 Å². The number of aliphatic hydroxyl groups excluding tert-OH is 1. The van der Waals surface area contributed by atoms with Crippen molar-refractivity contribution >= 4 is 11.6 Å². The fourth-order valence-corrected chi connectivity index (χ4v) is 1.54. The molecule has 1 aromatic carbocycles. The molecule has 0 bridgehead atoms. The Kier molecular flexibility index (Phi) is 7.79. The lowest BCUT2D eigenvalue weighted by Gasteiger charge is -2.11. The van der Waals surface area contributed by atoms with Crippen molar-refractivity contribution in [1.82, 2.24) is 0 Å². The second-order valence-electron chi connectivity index (χ2n) is 3.38. The molecule has 0 spiro atoms. The molecule has 86 valence electrons. The van der Waals surface area contributed by atoms with Gasteiger partial charge in [-0.15, -0.1) is 0 Å². The van der Waals surface area contributed by atoms with E-state index in [0.29, 0.717) is 0 Å². The van der Waals surface area contributed by atoms with Gasteiger partial charge in [0.05, 0.1) is 6.61 Å². The van der Waals surface area contributed by atoms with E-state index in [1.165, 1.54) is 0 Å². The van der Waals surface area contributed by atoms with Crippen molar-refractivity contribution in [3.05, 3.63) is 34.9 Å². The first-order valence-electron chi connectivity index (χ1n) is 4.95. The molecule has 0 fully saturated rings. The molecule has 1 atom stereocenters. The lowest BCUT2D eigenvalue weighted by Crippen LogP contribution is -3.00. The number of benzene rings is 1. The van der Waals surface area contributed by atoms with Gasteiger partial charge < -0.3 is 22.8 Å². The molecule has 1 aromatic rings. The molecule has 0 saturated carbocycles. The van der Waals surface area contributed by atoms with Gasteiger partial charge in [-0.2, -0.15) is 0 Å². The third-order valence-electron chi connectivity index (χ3n) is 2.39. The summed E-state index contributed by atoms with van der Waals surface area (Å²) in [4.78, 5) is 0. The Balaban J connectivity index is 0.00000196. The predicted octanol–water partition coefficient (Wildman–Crippen LogP) is -1.82. The molecule has 0 saturated heterocycles. The number of rotatable bonds is 5. The lowest BCUT2D eigenvalue weighted by atomic mass is 10.2. The average molecular weight is 250 g/mol. The summed E-state index contributed by atoms with van der Waals surface area (Å²) in [5.41, 5.74) is 1.13. The van der Waals surface area contributed by atoms with Gasteiger partial charge in [0, 0.05) is 10.6 Å². The first-order chi connectivity index (χ1) is 6.77. The zero-order valence-corrected chi connectivity index (χ0v) is 10.3. The van der Waals surface area contributed by atoms with Crippen molar-refractivity contribution in [2.75, 3.05) is 6.61 Å². The Labute approximate surface area is 102 Å². The summed E-state index contributed by atoms with van der Waals surface area (Å²) >= 11 is 6.01. The van der Waals surface area contributed by atoms with E-state index in [0.717, 1.165) is 23.6 Å². The standard InChI is InChI=1S/C11H16ClNO.ClH/c1-2-10(8-14)13-7-9-5-3-4-6-11(9)12;/h3-6,10,13-14H,2,7-8H2,1H3;1H/t10-;/m1./s1. The van der Waals surface area contributed by atoms with Gasteiger partial charge in [0.25, 0.3) is 0 Å². The van der Waals surface area contributed by atoms with Crippen LogP contribution in [-0.4, -0.2) is 17.8 Å². The second-order valence-corrected chi connectivity index (χ2v) is 3.79. The van der Waals surface area contributed by atoms with Gasteiger partial charge in [0.2, 0.25) is 0 Å². The molecule has 0 aliphatic carbocycles. The van der Waals surface area contributed by atoms with E-state index in [1.807, 2.05) is 24.3 Å². The molecule has 4 heteroatoms. The number of hydrogen-bond donors (Lipinski definition) is 2. The molecule has 15 heavy (non-hydrogen) atoms. The molecule has 0 amide bonds. The quantitative estimate of drug-likeness (QED) is 0.634. The van der Waals surface area contributed by atoms with E-state index >= 15 is 0 Å². The minimum absolute atomic E-state index is 0. The van der Waals surface area contributed by atoms with Gasteiger partial charge in [-0.05, 0) is 12.5 Å². The highest BCUT2D eigenvalue weighted by Crippen LogP contribution is 2.13. The van der Waals surface area contributed by atoms with Crippen LogP contribution in [0.5, 0.6) is 0 Å². The van der Waals surface area contributed by atoms with Crippen LogP contribution in [0.3, 0.4) is 0 Å². The molecule has 0 aliphatic heterocycles. The van der Waals surface area contributed by atoms with Crippen LogP contribution in [0.25, 0.3) is 0 Å². The molecule has 1 rings (SSSR count). The fraction of sp³-hybridized carbons (Fsp3) is 0.455. The van der Waals surface area contributed by atoms with Gasteiger partial charge in [-0.1, -0.05) is 36.7 Å². The highest BCUT2D eigenvalue weighted by atomic mass is 35.5. The molecule has 0 heterocycles. The van der Waals surface area contributed by atoms with E-state index < -0.39 is 0 Å². The van der Waals surface area contributed by atoms with Crippen LogP contribution in [0.2, 0.25) is 5.02 Å². The van der Waals surface area contributed by atoms with Crippen LogP contribution in [-0.2, 0) is 6.54 Å². The first-order valence-corrected chi connectivity index (χ1v) is 5.33. The zero-order chi connectivity index (χ0) is 10.4. The molecular weight excluding hydrogens is 233 g/mol. The summed E-state index contributed by atoms with van der Waals surface area (Å²) in [7, 11) is 0. The van der Waals surface area contributed by atoms with Crippen molar-refractivity contribution in [3.8, 4) is 0 Å². The highest BCUT2D eigenvalue weighted by molar-refractivity contribution is 6.31. The average Bonchev–Trinajstić information content (AvgIpc) is 2.22. The van der Waals surface area contributed by atoms with Gasteiger partial charge in [0.15, 0.2) is 0 Å². The van der Waals surface area contributed by atoms with Crippen molar-refractivity contribution in [3.63, 3.8) is 0 Å². The Morgan fingerprint density at radius 1 is 1.40 bits per heavy atom. The summed E-state index contributed by atoms with van der Waals surface area (Å²) in [6.07, 6.45) is 0.973. The van der Waals surface area contributed by atoms with E-state index in [-0.39, 0.29) is 25.1 Å². The number of hydrogen-bond acceptors (Lipinski definition) is 1. The third kappa shape index (κ3) is 4.85. The number of quaternary nitrogens is 1. The SMILES string of the molecule is CC[C@H](CO)[NH2+]Cc1ccccc1Cl.[Cl-]. The molecule has 0 unspecified atom stereocenters. The van der Waals surface area contributed by atoms with Crippen molar-refractivity contribution in [2.45, 2.75) is 25.9 Å². The zero-order valence-electron chi connectivity index (χ0n) is 8.79. The topological polar surface area (TPSA) is 36.8 Å². The minimum atomic E-state index is 0. The monoisotopic (exact) mass is 249 g/mol. The number of nitrogens with two attached hydrogens (primary N) is 1. The normalized spacial score (nSPS) is 11.9. The van der Waals surface area contributed by atoms with E-state index in [4.69, 9.17) is 16.7 Å². The maximum absolute atomic E-state index is 9.01. The number of halogens is 2. The summed E-state index contributed by atoms with van der Waals surface area (Å²) in [5, 5.41) is 11.9. The second kappa shape index (κ2) is 7.94. The Hall–Kier alpha value is -0.280. The Bertz CT molecular complexity index is 277. The van der Waals surface area contributed by atoms with Crippen LogP contribution < -0.4 is 17.7 Å². The molecule has 0 aromatic heterocycles. The van der Waals surface area contributed by atoms with Crippen LogP contribution in [0, 0.1) is 0 Å². The summed E-state index contributed by atoms with van der Waals surface area (Å²) in [5.74, 6) is 0. The first kappa shape index (κ1) is 14.7. The van der Waals surface area contributed by atoms with E-state index in [9.17, 15) is 0 Å². The van der Waals surface area contributed by atoms with Crippen molar-refractivity contribution in [1.29, 1.82) is 0 Å². The largest absolute Gasteiger partial charge is 1.00 e. The van der Waals surface area contributed by atoms with Crippen molar-refractivity contribution in [2.24, 2.45) is 0 Å². The van der Waals surface area contributed by atoms with Crippen LogP contribution in [0.15, 0.2) is 24.3 Å². The smallest absolute Gasteiger partial charge is 0.109 e. The molecule has 3 N–H and O–H groups in total. The van der Waals surface area contributed by atoms with Crippen LogP contribution >= 0.6 is 11.6 Å². The van der Waals surface area contributed by atoms with Gasteiger partial charge in [0.1, 0.15) is 12.6 Å². The lowest BCUT2D eigenvalue weighted by molar-refractivity contribution is -0.706. The summed E-state index contributed by atoms with van der Waals surface area (Å²) in [6.45, 7) is 3.13. The maximum Gasteiger partial charge on any atom is 0.109 e. The Morgan fingerprint density at radius 2 is 2.07 bits per heavy atom. The Morgan fingerprint density at radius 3 is 2.60 bits per heavy atom. The fourth-order valence-electron chi connectivity index (χ4n) is 1.33. The molecule has 0 aliphatic rings.